The van der Waals surface area contributed by atoms with E-state index in [9.17, 15) is 9.59 Å². The number of benzene rings is 7. The van der Waals surface area contributed by atoms with Gasteiger partial charge in [0.15, 0.2) is 0 Å². The highest BCUT2D eigenvalue weighted by Gasteiger charge is 2.27. The molecular formula is C36H14N4O2S. The van der Waals surface area contributed by atoms with E-state index in [1.54, 1.807) is 20.1 Å². The fourth-order valence-electron chi connectivity index (χ4n) is 8.08. The van der Waals surface area contributed by atoms with Gasteiger partial charge in [-0.25, -0.2) is 9.97 Å². The molecule has 0 aliphatic rings. The van der Waals surface area contributed by atoms with Gasteiger partial charge in [0.25, 0.3) is 11.1 Å². The zero-order valence-electron chi connectivity index (χ0n) is 22.1. The Labute approximate surface area is 242 Å². The maximum Gasteiger partial charge on any atom is 0.264 e. The second-order valence-electron chi connectivity index (χ2n) is 11.6. The molecule has 7 aromatic carbocycles. The summed E-state index contributed by atoms with van der Waals surface area (Å²) in [5, 5.41) is 12.0. The molecular weight excluding hydrogens is 552 g/mol. The van der Waals surface area contributed by atoms with Crippen molar-refractivity contribution in [2.75, 3.05) is 0 Å². The highest BCUT2D eigenvalue weighted by atomic mass is 32.1. The minimum atomic E-state index is -0.0471. The number of thiophene rings is 1. The van der Waals surface area contributed by atoms with Crippen molar-refractivity contribution in [2.24, 2.45) is 0 Å². The molecule has 0 atom stereocenters. The van der Waals surface area contributed by atoms with Crippen LogP contribution in [0, 0.1) is 0 Å². The van der Waals surface area contributed by atoms with Crippen LogP contribution in [0.4, 0.5) is 0 Å². The number of rotatable bonds is 0. The molecule has 196 valence electrons. The van der Waals surface area contributed by atoms with Gasteiger partial charge in [-0.1, -0.05) is 36.4 Å². The number of pyridine rings is 2. The van der Waals surface area contributed by atoms with Gasteiger partial charge in [-0.05, 0) is 59.3 Å². The monoisotopic (exact) mass is 566 g/mol. The largest absolute Gasteiger partial charge is 0.268 e. The normalized spacial score (nSPS) is 13.3. The third-order valence-corrected chi connectivity index (χ3v) is 10.8. The van der Waals surface area contributed by atoms with Crippen molar-refractivity contribution in [1.29, 1.82) is 0 Å². The molecule has 0 unspecified atom stereocenters. The first-order valence-electron chi connectivity index (χ1n) is 14.2. The minimum Gasteiger partial charge on any atom is -0.268 e. The molecule has 12 aromatic rings. The Morgan fingerprint density at radius 3 is 1.40 bits per heavy atom. The molecule has 43 heavy (non-hydrogen) atoms. The molecule has 6 nitrogen and oxygen atoms in total. The quantitative estimate of drug-likeness (QED) is 0.138. The van der Waals surface area contributed by atoms with Crippen LogP contribution in [0.1, 0.15) is 0 Å². The summed E-state index contributed by atoms with van der Waals surface area (Å²) in [5.41, 5.74) is 4.56. The number of para-hydroxylation sites is 4. The predicted octanol–water partition coefficient (Wildman–Crippen LogP) is 7.89. The lowest BCUT2D eigenvalue weighted by atomic mass is 9.86. The molecule has 0 aliphatic heterocycles. The summed E-state index contributed by atoms with van der Waals surface area (Å²) in [6, 6.07) is 28.3. The molecule has 5 heterocycles. The molecule has 0 bridgehead atoms. The molecule has 0 aliphatic carbocycles. The zero-order chi connectivity index (χ0) is 27.9. The van der Waals surface area contributed by atoms with Gasteiger partial charge in [0.1, 0.15) is 11.3 Å². The third-order valence-electron chi connectivity index (χ3n) is 9.72. The van der Waals surface area contributed by atoms with Crippen LogP contribution < -0.4 is 11.1 Å². The Bertz CT molecular complexity index is 3110. The molecule has 0 radical (unpaired) electrons. The summed E-state index contributed by atoms with van der Waals surface area (Å²) in [4.78, 5) is 38.1. The van der Waals surface area contributed by atoms with E-state index in [1.807, 2.05) is 60.7 Å². The number of imidazole rings is 2. The Morgan fingerprint density at radius 2 is 0.907 bits per heavy atom. The van der Waals surface area contributed by atoms with Gasteiger partial charge in [0.05, 0.1) is 22.1 Å². The second kappa shape index (κ2) is 6.53. The van der Waals surface area contributed by atoms with E-state index in [2.05, 4.69) is 24.3 Å². The van der Waals surface area contributed by atoms with Gasteiger partial charge in [-0.3, -0.25) is 18.4 Å². The number of aromatic nitrogens is 4. The van der Waals surface area contributed by atoms with E-state index in [1.165, 1.54) is 0 Å². The Hall–Kier alpha value is -5.66. The lowest BCUT2D eigenvalue weighted by Crippen LogP contribution is -2.14. The smallest absolute Gasteiger partial charge is 0.264 e. The molecule has 0 spiro atoms. The van der Waals surface area contributed by atoms with Crippen molar-refractivity contribution >= 4 is 119 Å². The van der Waals surface area contributed by atoms with E-state index in [4.69, 9.17) is 9.97 Å². The van der Waals surface area contributed by atoms with Crippen molar-refractivity contribution < 1.29 is 0 Å². The number of hydrogen-bond donors (Lipinski definition) is 0. The summed E-state index contributed by atoms with van der Waals surface area (Å²) < 4.78 is 5.84. The van der Waals surface area contributed by atoms with Crippen molar-refractivity contribution in [1.82, 2.24) is 18.8 Å². The lowest BCUT2D eigenvalue weighted by molar-refractivity contribution is 1.19. The van der Waals surface area contributed by atoms with Crippen LogP contribution in [-0.2, 0) is 0 Å². The predicted molar refractivity (Wildman–Crippen MR) is 177 cm³/mol. The standard InChI is InChI=1S/C36H14N4O2S/c41-35-17-11-9-15-16-10-12-18-28-20(34-38-22-6-2-4-8-24(22)40(34)36(18)42)14-26-32(30(16)28)31-25(43-26)13-19(27(17)29(15)31)33-37-21-5-1-3-7-23(21)39(33)35/h1-14H. The Morgan fingerprint density at radius 1 is 0.465 bits per heavy atom. The van der Waals surface area contributed by atoms with Crippen molar-refractivity contribution in [3.63, 3.8) is 0 Å². The Kier molecular flexibility index (Phi) is 3.21. The number of hydrogen-bond acceptors (Lipinski definition) is 5. The van der Waals surface area contributed by atoms with Gasteiger partial charge in [0, 0.05) is 63.3 Å². The van der Waals surface area contributed by atoms with Crippen LogP contribution in [0.3, 0.4) is 0 Å². The van der Waals surface area contributed by atoms with Crippen LogP contribution in [0.25, 0.3) is 107 Å². The summed E-state index contributed by atoms with van der Waals surface area (Å²) in [6.07, 6.45) is 0. The molecule has 0 fully saturated rings. The molecule has 0 saturated heterocycles. The first-order valence-corrected chi connectivity index (χ1v) is 15.0. The highest BCUT2D eigenvalue weighted by molar-refractivity contribution is 7.26. The van der Waals surface area contributed by atoms with Gasteiger partial charge in [0.2, 0.25) is 0 Å². The molecule has 7 heteroatoms. The van der Waals surface area contributed by atoms with Gasteiger partial charge < -0.3 is 0 Å². The Balaban J connectivity index is 1.42. The van der Waals surface area contributed by atoms with Gasteiger partial charge in [-0.15, -0.1) is 11.3 Å². The average Bonchev–Trinajstić information content (AvgIpc) is 3.73. The molecule has 0 amide bonds. The van der Waals surface area contributed by atoms with Crippen LogP contribution in [-0.4, -0.2) is 18.8 Å². The van der Waals surface area contributed by atoms with E-state index in [0.717, 1.165) is 85.3 Å². The molecule has 0 saturated carbocycles. The van der Waals surface area contributed by atoms with E-state index >= 15 is 0 Å². The molecule has 0 N–H and O–H groups in total. The molecule has 5 aromatic heterocycles. The van der Waals surface area contributed by atoms with Gasteiger partial charge >= 0.3 is 0 Å². The first kappa shape index (κ1) is 21.1. The van der Waals surface area contributed by atoms with Crippen molar-refractivity contribution in [3.05, 3.63) is 106 Å². The maximum atomic E-state index is 14.1. The van der Waals surface area contributed by atoms with Crippen molar-refractivity contribution in [3.8, 4) is 0 Å². The summed E-state index contributed by atoms with van der Waals surface area (Å²) >= 11 is 1.76. The minimum absolute atomic E-state index is 0.0471. The summed E-state index contributed by atoms with van der Waals surface area (Å²) in [6.45, 7) is 0. The van der Waals surface area contributed by atoms with Crippen LogP contribution in [0.2, 0.25) is 0 Å². The van der Waals surface area contributed by atoms with Crippen molar-refractivity contribution in [2.45, 2.75) is 0 Å². The molecule has 12 rings (SSSR count). The first-order chi connectivity index (χ1) is 21.2. The summed E-state index contributed by atoms with van der Waals surface area (Å²) in [7, 11) is 0. The zero-order valence-corrected chi connectivity index (χ0v) is 22.9. The number of fused-ring (bicyclic) bond motifs is 9. The second-order valence-corrected chi connectivity index (χ2v) is 12.7. The topological polar surface area (TPSA) is 68.7 Å². The fourth-order valence-corrected chi connectivity index (χ4v) is 9.28. The summed E-state index contributed by atoms with van der Waals surface area (Å²) in [5.74, 6) is 0. The number of nitrogens with zero attached hydrogens (tertiary/aromatic N) is 4. The van der Waals surface area contributed by atoms with Gasteiger partial charge in [-0.2, -0.15) is 0 Å². The highest BCUT2D eigenvalue weighted by Crippen LogP contribution is 2.52. The third kappa shape index (κ3) is 2.12. The van der Waals surface area contributed by atoms with Crippen LogP contribution in [0.5, 0.6) is 0 Å². The van der Waals surface area contributed by atoms with E-state index in [-0.39, 0.29) is 11.1 Å². The van der Waals surface area contributed by atoms with Crippen LogP contribution >= 0.6 is 11.3 Å². The van der Waals surface area contributed by atoms with E-state index < -0.39 is 0 Å². The lowest BCUT2D eigenvalue weighted by Gasteiger charge is -2.17. The van der Waals surface area contributed by atoms with Crippen LogP contribution in [0.15, 0.2) is 94.5 Å². The van der Waals surface area contributed by atoms with E-state index in [0.29, 0.717) is 22.1 Å². The SMILES string of the molecule is O=c1c2ccc3c4ccc5c(=O)n6c7ccccc7nc6c6cc7sc8cc(c2c3c8c7c4c56)c2nc3ccccc3n12. The maximum absolute atomic E-state index is 14.1. The fraction of sp³-hybridized carbons (Fsp3) is 0. The average molecular weight is 567 g/mol.